The van der Waals surface area contributed by atoms with Crippen molar-refractivity contribution in [3.63, 3.8) is 0 Å². The molecule has 0 aliphatic carbocycles. The van der Waals surface area contributed by atoms with Crippen LogP contribution in [0.3, 0.4) is 0 Å². The Morgan fingerprint density at radius 3 is 2.50 bits per heavy atom. The second-order valence-corrected chi connectivity index (χ2v) is 7.93. The van der Waals surface area contributed by atoms with E-state index < -0.39 is 5.97 Å². The molecule has 2 aromatic carbocycles. The van der Waals surface area contributed by atoms with E-state index in [9.17, 15) is 9.59 Å². The number of rotatable bonds is 7. The van der Waals surface area contributed by atoms with Gasteiger partial charge in [0.25, 0.3) is 5.91 Å². The molecule has 0 radical (unpaired) electrons. The van der Waals surface area contributed by atoms with Crippen LogP contribution >= 0.6 is 22.9 Å². The van der Waals surface area contributed by atoms with E-state index in [0.717, 1.165) is 23.1 Å². The van der Waals surface area contributed by atoms with Gasteiger partial charge < -0.3 is 14.8 Å². The molecule has 7 heteroatoms. The number of amides is 1. The highest BCUT2D eigenvalue weighted by atomic mass is 35.5. The first kappa shape index (κ1) is 21.9. The Labute approximate surface area is 184 Å². The maximum Gasteiger partial charge on any atom is 0.341 e. The number of thiophene rings is 1. The highest BCUT2D eigenvalue weighted by Crippen LogP contribution is 2.36. The second-order valence-electron chi connectivity index (χ2n) is 6.64. The smallest absolute Gasteiger partial charge is 0.341 e. The number of aryl methyl sites for hydroxylation is 2. The molecule has 0 unspecified atom stereocenters. The molecule has 0 bridgehead atoms. The number of methoxy groups -OCH3 is 1. The third-order valence-corrected chi connectivity index (χ3v) is 5.93. The first-order chi connectivity index (χ1) is 14.4. The van der Waals surface area contributed by atoms with Gasteiger partial charge in [0, 0.05) is 16.0 Å². The van der Waals surface area contributed by atoms with Crippen molar-refractivity contribution in [3.8, 4) is 16.9 Å². The van der Waals surface area contributed by atoms with Crippen LogP contribution in [0, 0.1) is 6.92 Å². The largest absolute Gasteiger partial charge is 0.484 e. The molecule has 1 N–H and O–H groups in total. The molecule has 0 aliphatic heterocycles. The number of anilines is 1. The molecule has 30 heavy (non-hydrogen) atoms. The van der Waals surface area contributed by atoms with E-state index in [-0.39, 0.29) is 12.5 Å². The van der Waals surface area contributed by atoms with Gasteiger partial charge in [0.2, 0.25) is 0 Å². The zero-order valence-electron chi connectivity index (χ0n) is 17.0. The molecule has 0 fully saturated rings. The normalized spacial score (nSPS) is 10.5. The maximum absolute atomic E-state index is 12.4. The van der Waals surface area contributed by atoms with Crippen LogP contribution in [0.15, 0.2) is 47.8 Å². The summed E-state index contributed by atoms with van der Waals surface area (Å²) in [7, 11) is 1.32. The lowest BCUT2D eigenvalue weighted by Gasteiger charge is -2.10. The Morgan fingerprint density at radius 2 is 1.87 bits per heavy atom. The molecule has 5 nitrogen and oxygen atoms in total. The molecular weight excluding hydrogens is 422 g/mol. The van der Waals surface area contributed by atoms with Crippen molar-refractivity contribution in [3.05, 3.63) is 69.6 Å². The van der Waals surface area contributed by atoms with Crippen LogP contribution in [0.2, 0.25) is 5.02 Å². The first-order valence-corrected chi connectivity index (χ1v) is 10.7. The summed E-state index contributed by atoms with van der Waals surface area (Å²) in [4.78, 5) is 24.9. The Kier molecular flexibility index (Phi) is 7.13. The van der Waals surface area contributed by atoms with Crippen LogP contribution < -0.4 is 10.1 Å². The molecular formula is C23H22ClNO4S. The van der Waals surface area contributed by atoms with Gasteiger partial charge in [-0.2, -0.15) is 0 Å². The summed E-state index contributed by atoms with van der Waals surface area (Å²) >= 11 is 7.28. The van der Waals surface area contributed by atoms with E-state index in [2.05, 4.69) is 12.2 Å². The molecule has 0 saturated carbocycles. The minimum atomic E-state index is -0.504. The fraction of sp³-hybridized carbons (Fsp3) is 0.217. The Balaban J connectivity index is 1.77. The molecule has 156 valence electrons. The van der Waals surface area contributed by atoms with Crippen molar-refractivity contribution in [2.24, 2.45) is 0 Å². The van der Waals surface area contributed by atoms with Gasteiger partial charge in [0.1, 0.15) is 16.3 Å². The molecule has 3 aromatic rings. The number of ether oxygens (including phenoxy) is 2. The quantitative estimate of drug-likeness (QED) is 0.472. The molecule has 0 saturated heterocycles. The van der Waals surface area contributed by atoms with E-state index >= 15 is 0 Å². The number of halogens is 1. The molecule has 3 rings (SSSR count). The Hall–Kier alpha value is -2.83. The summed E-state index contributed by atoms with van der Waals surface area (Å²) in [5.41, 5.74) is 4.01. The molecule has 1 heterocycles. The number of nitrogens with one attached hydrogen (secondary N) is 1. The monoisotopic (exact) mass is 443 g/mol. The van der Waals surface area contributed by atoms with Gasteiger partial charge in [0.15, 0.2) is 6.61 Å². The lowest BCUT2D eigenvalue weighted by molar-refractivity contribution is -0.118. The first-order valence-electron chi connectivity index (χ1n) is 9.40. The number of carbonyl (C=O) groups excluding carboxylic acids is 2. The summed E-state index contributed by atoms with van der Waals surface area (Å²) in [6.07, 6.45) is 0.933. The van der Waals surface area contributed by atoms with Gasteiger partial charge in [-0.15, -0.1) is 11.3 Å². The van der Waals surface area contributed by atoms with Crippen molar-refractivity contribution < 1.29 is 19.1 Å². The van der Waals surface area contributed by atoms with Crippen LogP contribution in [0.5, 0.6) is 5.75 Å². The lowest BCUT2D eigenvalue weighted by Crippen LogP contribution is -2.21. The Bertz CT molecular complexity index is 1060. The average Bonchev–Trinajstić information content (AvgIpc) is 3.17. The molecule has 0 atom stereocenters. The predicted molar refractivity (Wildman–Crippen MR) is 121 cm³/mol. The van der Waals surface area contributed by atoms with Gasteiger partial charge in [-0.3, -0.25) is 4.79 Å². The molecule has 1 aromatic heterocycles. The number of benzene rings is 2. The number of hydrogen-bond acceptors (Lipinski definition) is 5. The van der Waals surface area contributed by atoms with Crippen molar-refractivity contribution in [2.75, 3.05) is 19.0 Å². The van der Waals surface area contributed by atoms with Gasteiger partial charge in [-0.1, -0.05) is 42.8 Å². The second kappa shape index (κ2) is 9.78. The summed E-state index contributed by atoms with van der Waals surface area (Å²) in [6, 6.07) is 13.2. The average molecular weight is 444 g/mol. The van der Waals surface area contributed by atoms with Crippen LogP contribution in [-0.4, -0.2) is 25.6 Å². The predicted octanol–water partition coefficient (Wildman–Crippen LogP) is 5.74. The SMILES string of the molecule is CCc1ccc(-c2csc(NC(=O)COc3ccc(Cl)c(C)c3)c2C(=O)OC)cc1. The molecule has 0 aliphatic rings. The van der Waals surface area contributed by atoms with Crippen molar-refractivity contribution >= 4 is 39.8 Å². The van der Waals surface area contributed by atoms with Crippen LogP contribution in [-0.2, 0) is 16.0 Å². The minimum Gasteiger partial charge on any atom is -0.484 e. The summed E-state index contributed by atoms with van der Waals surface area (Å²) < 4.78 is 10.5. The van der Waals surface area contributed by atoms with Gasteiger partial charge in [0.05, 0.1) is 7.11 Å². The summed E-state index contributed by atoms with van der Waals surface area (Å²) in [5, 5.41) is 5.66. The van der Waals surface area contributed by atoms with E-state index in [1.165, 1.54) is 24.0 Å². The fourth-order valence-corrected chi connectivity index (χ4v) is 4.00. The van der Waals surface area contributed by atoms with Crippen LogP contribution in [0.25, 0.3) is 11.1 Å². The number of carbonyl (C=O) groups is 2. The number of hydrogen-bond donors (Lipinski definition) is 1. The summed E-state index contributed by atoms with van der Waals surface area (Å²) in [6.45, 7) is 3.75. The zero-order chi connectivity index (χ0) is 21.7. The summed E-state index contributed by atoms with van der Waals surface area (Å²) in [5.74, 6) is -0.332. The molecule has 1 amide bonds. The lowest BCUT2D eigenvalue weighted by atomic mass is 10.0. The fourth-order valence-electron chi connectivity index (χ4n) is 2.91. The third-order valence-electron chi connectivity index (χ3n) is 4.61. The van der Waals surface area contributed by atoms with E-state index in [4.69, 9.17) is 21.1 Å². The zero-order valence-corrected chi connectivity index (χ0v) is 18.5. The maximum atomic E-state index is 12.4. The minimum absolute atomic E-state index is 0.194. The van der Waals surface area contributed by atoms with Crippen molar-refractivity contribution in [2.45, 2.75) is 20.3 Å². The van der Waals surface area contributed by atoms with Gasteiger partial charge in [-0.05, 0) is 48.2 Å². The van der Waals surface area contributed by atoms with E-state index in [1.54, 1.807) is 18.2 Å². The number of esters is 1. The van der Waals surface area contributed by atoms with Gasteiger partial charge >= 0.3 is 5.97 Å². The van der Waals surface area contributed by atoms with E-state index in [1.807, 2.05) is 36.6 Å². The highest BCUT2D eigenvalue weighted by molar-refractivity contribution is 7.15. The van der Waals surface area contributed by atoms with Crippen LogP contribution in [0.1, 0.15) is 28.4 Å². The van der Waals surface area contributed by atoms with Crippen molar-refractivity contribution in [1.82, 2.24) is 0 Å². The standard InChI is InChI=1S/C23H22ClNO4S/c1-4-15-5-7-16(8-6-15)18-13-30-22(21(18)23(27)28-3)25-20(26)12-29-17-9-10-19(24)14(2)11-17/h5-11,13H,4,12H2,1-3H3,(H,25,26). The van der Waals surface area contributed by atoms with E-state index in [0.29, 0.717) is 21.3 Å². The highest BCUT2D eigenvalue weighted by Gasteiger charge is 2.22. The van der Waals surface area contributed by atoms with Gasteiger partial charge in [-0.25, -0.2) is 4.79 Å². The van der Waals surface area contributed by atoms with Crippen molar-refractivity contribution in [1.29, 1.82) is 0 Å². The molecule has 0 spiro atoms. The Morgan fingerprint density at radius 1 is 1.13 bits per heavy atom. The third kappa shape index (κ3) is 5.01. The topological polar surface area (TPSA) is 64.6 Å². The van der Waals surface area contributed by atoms with Crippen LogP contribution in [0.4, 0.5) is 5.00 Å².